The fraction of sp³-hybridized carbons (Fsp3) is 0.250. The van der Waals surface area contributed by atoms with Gasteiger partial charge < -0.3 is 19.7 Å². The minimum Gasteiger partial charge on any atom is -0.491 e. The van der Waals surface area contributed by atoms with Crippen molar-refractivity contribution in [1.82, 2.24) is 4.90 Å². The molecule has 4 rings (SSSR count). The number of nitrogens with zero attached hydrogens (tertiary/aromatic N) is 2. The van der Waals surface area contributed by atoms with Crippen LogP contribution < -0.4 is 9.47 Å². The highest BCUT2D eigenvalue weighted by Gasteiger charge is 2.23. The Hall–Kier alpha value is -4.24. The molecule has 0 heterocycles. The summed E-state index contributed by atoms with van der Waals surface area (Å²) in [6, 6.07) is 33.4. The molecular weight excluding hydrogens is 508 g/mol. The van der Waals surface area contributed by atoms with Gasteiger partial charge in [0.2, 0.25) is 0 Å². The van der Waals surface area contributed by atoms with Crippen molar-refractivity contribution >= 4 is 5.69 Å². The number of benzene rings is 4. The van der Waals surface area contributed by atoms with E-state index in [1.807, 2.05) is 95.9 Å². The first-order valence-electron chi connectivity index (χ1n) is 13.2. The molecule has 0 aliphatic rings. The number of aliphatic hydroxyl groups is 2. The van der Waals surface area contributed by atoms with Crippen LogP contribution in [0.25, 0.3) is 0 Å². The van der Waals surface area contributed by atoms with Crippen molar-refractivity contribution in [2.75, 3.05) is 19.8 Å². The van der Waals surface area contributed by atoms with Gasteiger partial charge in [-0.25, -0.2) is 0 Å². The van der Waals surface area contributed by atoms with Gasteiger partial charge in [-0.1, -0.05) is 91.0 Å². The van der Waals surface area contributed by atoms with Gasteiger partial charge in [0.05, 0.1) is 17.6 Å². The maximum Gasteiger partial charge on any atom is 0.314 e. The Morgan fingerprint density at radius 2 is 1.40 bits per heavy atom. The van der Waals surface area contributed by atoms with Gasteiger partial charge in [0.15, 0.2) is 5.75 Å². The summed E-state index contributed by atoms with van der Waals surface area (Å²) in [4.78, 5) is 13.2. The number of hydrogen-bond acceptors (Lipinski definition) is 7. The average Bonchev–Trinajstić information content (AvgIpc) is 2.99. The molecule has 2 N–H and O–H groups in total. The standard InChI is InChI=1S/C32H34N2O6/c35-22-28(18-25-10-4-1-5-11-25)33(20-26-12-6-2-7-13-26)21-29(36)24-39-30-16-17-32(31(19-30)34(37)38)40-23-27-14-8-3-9-15-27/h1-17,19,28-29,35-36H,18,20-24H2/t28-,29-/m0/s1. The van der Waals surface area contributed by atoms with Crippen LogP contribution in [0.2, 0.25) is 0 Å². The molecule has 8 heteroatoms. The Labute approximate surface area is 234 Å². The van der Waals surface area contributed by atoms with Crippen molar-refractivity contribution in [1.29, 1.82) is 0 Å². The lowest BCUT2D eigenvalue weighted by Gasteiger charge is -2.32. The molecule has 0 aliphatic heterocycles. The third-order valence-corrected chi connectivity index (χ3v) is 6.52. The van der Waals surface area contributed by atoms with E-state index in [4.69, 9.17) is 9.47 Å². The van der Waals surface area contributed by atoms with E-state index in [9.17, 15) is 20.3 Å². The first-order valence-corrected chi connectivity index (χ1v) is 13.2. The van der Waals surface area contributed by atoms with Crippen LogP contribution in [0.15, 0.2) is 109 Å². The Morgan fingerprint density at radius 1 is 0.800 bits per heavy atom. The van der Waals surface area contributed by atoms with Crippen LogP contribution in [0.5, 0.6) is 11.5 Å². The predicted octanol–water partition coefficient (Wildman–Crippen LogP) is 5.02. The molecular formula is C32H34N2O6. The number of aliphatic hydroxyl groups excluding tert-OH is 2. The van der Waals surface area contributed by atoms with Gasteiger partial charge in [-0.2, -0.15) is 0 Å². The molecule has 0 amide bonds. The van der Waals surface area contributed by atoms with Crippen molar-refractivity contribution in [2.24, 2.45) is 0 Å². The highest BCUT2D eigenvalue weighted by atomic mass is 16.6. The summed E-state index contributed by atoms with van der Waals surface area (Å²) in [5.74, 6) is 0.401. The summed E-state index contributed by atoms with van der Waals surface area (Å²) in [6.07, 6.45) is -0.282. The first kappa shape index (κ1) is 28.8. The summed E-state index contributed by atoms with van der Waals surface area (Å²) >= 11 is 0. The third kappa shape index (κ3) is 8.64. The second-order valence-electron chi connectivity index (χ2n) is 9.57. The number of nitro groups is 1. The smallest absolute Gasteiger partial charge is 0.314 e. The van der Waals surface area contributed by atoms with Crippen LogP contribution in [0, 0.1) is 10.1 Å². The molecule has 0 saturated carbocycles. The summed E-state index contributed by atoms with van der Waals surface area (Å²) in [5, 5.41) is 32.8. The summed E-state index contributed by atoms with van der Waals surface area (Å²) in [7, 11) is 0. The largest absolute Gasteiger partial charge is 0.491 e. The molecule has 0 fully saturated rings. The quantitative estimate of drug-likeness (QED) is 0.161. The monoisotopic (exact) mass is 542 g/mol. The molecule has 0 radical (unpaired) electrons. The molecule has 40 heavy (non-hydrogen) atoms. The molecule has 0 spiro atoms. The Kier molecular flexibility index (Phi) is 10.6. The van der Waals surface area contributed by atoms with Crippen molar-refractivity contribution in [3.05, 3.63) is 136 Å². The third-order valence-electron chi connectivity index (χ3n) is 6.52. The van der Waals surface area contributed by atoms with Gasteiger partial charge in [-0.3, -0.25) is 15.0 Å². The lowest BCUT2D eigenvalue weighted by Crippen LogP contribution is -2.44. The van der Waals surface area contributed by atoms with Crippen molar-refractivity contribution in [3.63, 3.8) is 0 Å². The molecule has 0 unspecified atom stereocenters. The van der Waals surface area contributed by atoms with E-state index < -0.39 is 11.0 Å². The molecule has 0 aliphatic carbocycles. The maximum absolute atomic E-state index is 11.7. The van der Waals surface area contributed by atoms with Crippen LogP contribution in [0.4, 0.5) is 5.69 Å². The molecule has 0 bridgehead atoms. The van der Waals surface area contributed by atoms with E-state index in [0.29, 0.717) is 13.0 Å². The highest BCUT2D eigenvalue weighted by molar-refractivity contribution is 5.51. The van der Waals surface area contributed by atoms with Gasteiger partial charge in [-0.15, -0.1) is 0 Å². The first-order chi connectivity index (χ1) is 19.5. The topological polar surface area (TPSA) is 105 Å². The van der Waals surface area contributed by atoms with Gasteiger partial charge in [-0.05, 0) is 35.2 Å². The fourth-order valence-corrected chi connectivity index (χ4v) is 4.46. The number of ether oxygens (including phenoxy) is 2. The molecule has 0 aromatic heterocycles. The summed E-state index contributed by atoms with van der Waals surface area (Å²) < 4.78 is 11.4. The lowest BCUT2D eigenvalue weighted by molar-refractivity contribution is -0.386. The minimum atomic E-state index is -0.901. The van der Waals surface area contributed by atoms with Crippen LogP contribution >= 0.6 is 0 Å². The minimum absolute atomic E-state index is 0.0733. The Balaban J connectivity index is 1.40. The SMILES string of the molecule is O=[N+]([O-])c1cc(OC[C@@H](O)CN(Cc2ccccc2)[C@H](CO)Cc2ccccc2)ccc1OCc1ccccc1. The van der Waals surface area contributed by atoms with E-state index in [1.165, 1.54) is 12.1 Å². The second kappa shape index (κ2) is 14.8. The van der Waals surface area contributed by atoms with E-state index >= 15 is 0 Å². The van der Waals surface area contributed by atoms with Gasteiger partial charge in [0, 0.05) is 19.1 Å². The zero-order valence-electron chi connectivity index (χ0n) is 22.2. The lowest BCUT2D eigenvalue weighted by atomic mass is 10.0. The van der Waals surface area contributed by atoms with Gasteiger partial charge in [0.25, 0.3) is 0 Å². The van der Waals surface area contributed by atoms with E-state index in [1.54, 1.807) is 6.07 Å². The predicted molar refractivity (Wildman–Crippen MR) is 153 cm³/mol. The van der Waals surface area contributed by atoms with Gasteiger partial charge in [0.1, 0.15) is 25.1 Å². The van der Waals surface area contributed by atoms with Crippen LogP contribution in [-0.4, -0.2) is 51.9 Å². The van der Waals surface area contributed by atoms with Crippen molar-refractivity contribution in [3.8, 4) is 11.5 Å². The van der Waals surface area contributed by atoms with E-state index in [0.717, 1.165) is 16.7 Å². The normalized spacial score (nSPS) is 12.6. The van der Waals surface area contributed by atoms with Crippen LogP contribution in [0.1, 0.15) is 16.7 Å². The van der Waals surface area contributed by atoms with Crippen molar-refractivity contribution < 1.29 is 24.6 Å². The van der Waals surface area contributed by atoms with E-state index in [2.05, 4.69) is 0 Å². The molecule has 0 saturated heterocycles. The van der Waals surface area contributed by atoms with Gasteiger partial charge >= 0.3 is 5.69 Å². The van der Waals surface area contributed by atoms with Crippen molar-refractivity contribution in [2.45, 2.75) is 31.7 Å². The maximum atomic E-state index is 11.7. The zero-order chi connectivity index (χ0) is 28.2. The summed E-state index contributed by atoms with van der Waals surface area (Å²) in [5.41, 5.74) is 2.83. The van der Waals surface area contributed by atoms with Crippen LogP contribution in [-0.2, 0) is 19.6 Å². The molecule has 208 valence electrons. The zero-order valence-corrected chi connectivity index (χ0v) is 22.2. The Morgan fingerprint density at radius 3 is 2.00 bits per heavy atom. The molecule has 4 aromatic carbocycles. The molecule has 4 aromatic rings. The number of nitro benzene ring substituents is 1. The summed E-state index contributed by atoms with van der Waals surface area (Å²) in [6.45, 7) is 0.831. The Bertz CT molecular complexity index is 1320. The van der Waals surface area contributed by atoms with E-state index in [-0.39, 0.29) is 49.6 Å². The number of hydrogen-bond donors (Lipinski definition) is 2. The number of rotatable bonds is 15. The van der Waals surface area contributed by atoms with Crippen LogP contribution in [0.3, 0.4) is 0 Å². The molecule has 8 nitrogen and oxygen atoms in total. The second-order valence-corrected chi connectivity index (χ2v) is 9.57. The fourth-order valence-electron chi connectivity index (χ4n) is 4.46. The molecule has 2 atom stereocenters. The highest BCUT2D eigenvalue weighted by Crippen LogP contribution is 2.32. The average molecular weight is 543 g/mol.